The smallest absolute Gasteiger partial charge is 0.134 e. The van der Waals surface area contributed by atoms with Crippen molar-refractivity contribution in [1.29, 1.82) is 0 Å². The molecule has 0 aliphatic heterocycles. The van der Waals surface area contributed by atoms with Gasteiger partial charge in [0.2, 0.25) is 0 Å². The lowest BCUT2D eigenvalue weighted by Crippen LogP contribution is -2.02. The fraction of sp³-hybridized carbons (Fsp3) is 0.263. The summed E-state index contributed by atoms with van der Waals surface area (Å²) < 4.78 is 5.77. The highest BCUT2D eigenvalue weighted by molar-refractivity contribution is 5.78. The molecule has 0 amide bonds. The number of benzene rings is 2. The monoisotopic (exact) mass is 280 g/mol. The Hall–Kier alpha value is -2.06. The minimum absolute atomic E-state index is 0.288. The van der Waals surface area contributed by atoms with Gasteiger partial charge in [0, 0.05) is 5.39 Å². The molecule has 2 atom stereocenters. The zero-order valence-electron chi connectivity index (χ0n) is 12.4. The van der Waals surface area contributed by atoms with Crippen LogP contribution in [0.15, 0.2) is 59.0 Å². The standard InChI is InChI=1S/C19H20O2/c1-13-8-9-18-16(10-13)12-19(21-18)17(20)11-14(2)15-6-4-3-5-7-15/h3-10,12,14,17,20H,11H2,1-2H3. The number of fused-ring (bicyclic) bond motifs is 1. The second kappa shape index (κ2) is 5.74. The van der Waals surface area contributed by atoms with Crippen molar-refractivity contribution in [2.24, 2.45) is 0 Å². The van der Waals surface area contributed by atoms with E-state index in [0.717, 1.165) is 11.0 Å². The van der Waals surface area contributed by atoms with Crippen LogP contribution >= 0.6 is 0 Å². The SMILES string of the molecule is Cc1ccc2oc(C(O)CC(C)c3ccccc3)cc2c1. The van der Waals surface area contributed by atoms with Crippen molar-refractivity contribution in [3.05, 3.63) is 71.5 Å². The van der Waals surface area contributed by atoms with Crippen LogP contribution in [0.4, 0.5) is 0 Å². The van der Waals surface area contributed by atoms with E-state index in [-0.39, 0.29) is 5.92 Å². The predicted octanol–water partition coefficient (Wildman–Crippen LogP) is 4.97. The molecule has 0 saturated carbocycles. The lowest BCUT2D eigenvalue weighted by Gasteiger charge is -2.15. The average Bonchev–Trinajstić information content (AvgIpc) is 2.91. The van der Waals surface area contributed by atoms with Gasteiger partial charge in [0.1, 0.15) is 17.4 Å². The Bertz CT molecular complexity index is 728. The molecule has 0 saturated heterocycles. The van der Waals surface area contributed by atoms with E-state index in [1.54, 1.807) is 0 Å². The van der Waals surface area contributed by atoms with Crippen molar-refractivity contribution in [2.75, 3.05) is 0 Å². The first-order valence-electron chi connectivity index (χ1n) is 7.36. The third-order valence-corrected chi connectivity index (χ3v) is 3.96. The van der Waals surface area contributed by atoms with Crippen LogP contribution in [0.2, 0.25) is 0 Å². The molecule has 108 valence electrons. The number of rotatable bonds is 4. The number of aliphatic hydroxyl groups excluding tert-OH is 1. The second-order valence-electron chi connectivity index (χ2n) is 5.75. The van der Waals surface area contributed by atoms with Gasteiger partial charge in [0.15, 0.2) is 0 Å². The zero-order chi connectivity index (χ0) is 14.8. The van der Waals surface area contributed by atoms with Gasteiger partial charge in [-0.05, 0) is 43.0 Å². The molecular formula is C19H20O2. The first kappa shape index (κ1) is 13.9. The molecule has 2 unspecified atom stereocenters. The molecule has 1 N–H and O–H groups in total. The van der Waals surface area contributed by atoms with Gasteiger partial charge >= 0.3 is 0 Å². The summed E-state index contributed by atoms with van der Waals surface area (Å²) in [7, 11) is 0. The first-order valence-corrected chi connectivity index (χ1v) is 7.36. The summed E-state index contributed by atoms with van der Waals surface area (Å²) in [4.78, 5) is 0. The molecular weight excluding hydrogens is 260 g/mol. The van der Waals surface area contributed by atoms with Crippen molar-refractivity contribution < 1.29 is 9.52 Å². The quantitative estimate of drug-likeness (QED) is 0.732. The van der Waals surface area contributed by atoms with E-state index in [9.17, 15) is 5.11 Å². The molecule has 3 aromatic rings. The highest BCUT2D eigenvalue weighted by Gasteiger charge is 2.17. The van der Waals surface area contributed by atoms with Gasteiger partial charge in [-0.2, -0.15) is 0 Å². The molecule has 0 aliphatic carbocycles. The largest absolute Gasteiger partial charge is 0.458 e. The Kier molecular flexibility index (Phi) is 3.80. The topological polar surface area (TPSA) is 33.4 Å². The third kappa shape index (κ3) is 3.01. The lowest BCUT2D eigenvalue weighted by atomic mass is 9.94. The highest BCUT2D eigenvalue weighted by Crippen LogP contribution is 2.31. The van der Waals surface area contributed by atoms with Gasteiger partial charge in [-0.25, -0.2) is 0 Å². The predicted molar refractivity (Wildman–Crippen MR) is 85.4 cm³/mol. The van der Waals surface area contributed by atoms with Gasteiger partial charge in [-0.15, -0.1) is 0 Å². The molecule has 0 aliphatic rings. The lowest BCUT2D eigenvalue weighted by molar-refractivity contribution is 0.135. The van der Waals surface area contributed by atoms with Crippen LogP contribution in [0, 0.1) is 6.92 Å². The average molecular weight is 280 g/mol. The van der Waals surface area contributed by atoms with E-state index in [1.165, 1.54) is 11.1 Å². The van der Waals surface area contributed by atoms with E-state index in [2.05, 4.69) is 32.0 Å². The van der Waals surface area contributed by atoms with Crippen LogP contribution in [-0.2, 0) is 0 Å². The van der Waals surface area contributed by atoms with Gasteiger partial charge in [-0.3, -0.25) is 0 Å². The zero-order valence-corrected chi connectivity index (χ0v) is 12.4. The Morgan fingerprint density at radius 1 is 1.05 bits per heavy atom. The van der Waals surface area contributed by atoms with Gasteiger partial charge in [-0.1, -0.05) is 48.9 Å². The molecule has 21 heavy (non-hydrogen) atoms. The Morgan fingerprint density at radius 3 is 2.57 bits per heavy atom. The van der Waals surface area contributed by atoms with E-state index in [1.807, 2.05) is 36.4 Å². The molecule has 2 nitrogen and oxygen atoms in total. The fourth-order valence-corrected chi connectivity index (χ4v) is 2.72. The fourth-order valence-electron chi connectivity index (χ4n) is 2.72. The van der Waals surface area contributed by atoms with Crippen LogP contribution < -0.4 is 0 Å². The van der Waals surface area contributed by atoms with Gasteiger partial charge in [0.05, 0.1) is 0 Å². The maximum Gasteiger partial charge on any atom is 0.134 e. The first-order chi connectivity index (χ1) is 10.1. The van der Waals surface area contributed by atoms with E-state index in [4.69, 9.17) is 4.42 Å². The summed E-state index contributed by atoms with van der Waals surface area (Å²) in [5.74, 6) is 0.939. The summed E-state index contributed by atoms with van der Waals surface area (Å²) in [5, 5.41) is 11.5. The van der Waals surface area contributed by atoms with Crippen molar-refractivity contribution in [2.45, 2.75) is 32.3 Å². The van der Waals surface area contributed by atoms with Gasteiger partial charge in [0.25, 0.3) is 0 Å². The maximum absolute atomic E-state index is 10.4. The molecule has 0 bridgehead atoms. The summed E-state index contributed by atoms with van der Waals surface area (Å²) in [6.45, 7) is 4.19. The third-order valence-electron chi connectivity index (χ3n) is 3.96. The number of aliphatic hydroxyl groups is 1. The minimum Gasteiger partial charge on any atom is -0.458 e. The molecule has 2 heteroatoms. The molecule has 2 aromatic carbocycles. The van der Waals surface area contributed by atoms with Crippen LogP contribution in [0.1, 0.15) is 42.3 Å². The van der Waals surface area contributed by atoms with E-state index in [0.29, 0.717) is 12.2 Å². The van der Waals surface area contributed by atoms with E-state index >= 15 is 0 Å². The van der Waals surface area contributed by atoms with Crippen LogP contribution in [-0.4, -0.2) is 5.11 Å². The summed E-state index contributed by atoms with van der Waals surface area (Å²) in [6.07, 6.45) is 0.0796. The molecule has 1 heterocycles. The molecule has 0 spiro atoms. The van der Waals surface area contributed by atoms with E-state index < -0.39 is 6.10 Å². The van der Waals surface area contributed by atoms with Crippen molar-refractivity contribution in [3.8, 4) is 0 Å². The van der Waals surface area contributed by atoms with Crippen LogP contribution in [0.3, 0.4) is 0 Å². The Labute approximate surface area is 125 Å². The van der Waals surface area contributed by atoms with Crippen molar-refractivity contribution in [3.63, 3.8) is 0 Å². The van der Waals surface area contributed by atoms with Crippen LogP contribution in [0.25, 0.3) is 11.0 Å². The summed E-state index contributed by atoms with van der Waals surface area (Å²) >= 11 is 0. The second-order valence-corrected chi connectivity index (χ2v) is 5.75. The summed E-state index contributed by atoms with van der Waals surface area (Å²) in [6, 6.07) is 18.3. The number of furan rings is 1. The Balaban J connectivity index is 1.79. The van der Waals surface area contributed by atoms with Crippen LogP contribution in [0.5, 0.6) is 0 Å². The molecule has 1 aromatic heterocycles. The Morgan fingerprint density at radius 2 is 1.81 bits per heavy atom. The van der Waals surface area contributed by atoms with Crippen molar-refractivity contribution in [1.82, 2.24) is 0 Å². The number of hydrogen-bond donors (Lipinski definition) is 1. The maximum atomic E-state index is 10.4. The molecule has 3 rings (SSSR count). The minimum atomic E-state index is -0.576. The summed E-state index contributed by atoms with van der Waals surface area (Å²) in [5.41, 5.74) is 3.27. The number of aryl methyl sites for hydroxylation is 1. The number of hydrogen-bond acceptors (Lipinski definition) is 2. The molecule has 0 fully saturated rings. The molecule has 0 radical (unpaired) electrons. The van der Waals surface area contributed by atoms with Crippen molar-refractivity contribution >= 4 is 11.0 Å². The van der Waals surface area contributed by atoms with Gasteiger partial charge < -0.3 is 9.52 Å². The normalized spacial score (nSPS) is 14.2. The highest BCUT2D eigenvalue weighted by atomic mass is 16.4.